The number of aryl methyl sites for hydroxylation is 2. The van der Waals surface area contributed by atoms with E-state index >= 15 is 0 Å². The van der Waals surface area contributed by atoms with Crippen LogP contribution in [0.2, 0.25) is 0 Å². The quantitative estimate of drug-likeness (QED) is 0.447. The summed E-state index contributed by atoms with van der Waals surface area (Å²) in [5.41, 5.74) is 4.98. The molecule has 2 aromatic heterocycles. The van der Waals surface area contributed by atoms with E-state index in [4.69, 9.17) is 4.74 Å². The molecule has 0 saturated carbocycles. The number of aromatic nitrogens is 2. The number of hydrogen-bond acceptors (Lipinski definition) is 4. The molecule has 34 heavy (non-hydrogen) atoms. The van der Waals surface area contributed by atoms with Crippen LogP contribution in [0.25, 0.3) is 16.7 Å². The average Bonchev–Trinajstić information content (AvgIpc) is 3.20. The molecule has 0 aliphatic carbocycles. The predicted octanol–water partition coefficient (Wildman–Crippen LogP) is 5.26. The summed E-state index contributed by atoms with van der Waals surface area (Å²) in [7, 11) is 0. The summed E-state index contributed by atoms with van der Waals surface area (Å²) < 4.78 is 8.68. The standard InChI is InChI=1S/C28H30N4O2/c1-4-21-18-31(17-16-29-21)27(33)24-25-23(14-9-15-30-25)32(22-12-6-5-7-13-22)28(24)34-26-19(2)10-8-11-20(26)3/h5-15,21,29H,4,16-18H2,1-3H3/t21-/m0/s1. The molecule has 1 amide bonds. The Morgan fingerprint density at radius 1 is 1.06 bits per heavy atom. The van der Waals surface area contributed by atoms with Crippen LogP contribution in [0.15, 0.2) is 66.9 Å². The smallest absolute Gasteiger partial charge is 0.261 e. The van der Waals surface area contributed by atoms with Crippen molar-refractivity contribution in [2.24, 2.45) is 0 Å². The van der Waals surface area contributed by atoms with Crippen LogP contribution < -0.4 is 10.1 Å². The highest BCUT2D eigenvalue weighted by Crippen LogP contribution is 2.39. The first-order valence-electron chi connectivity index (χ1n) is 11.9. The van der Waals surface area contributed by atoms with Crippen molar-refractivity contribution in [3.8, 4) is 17.3 Å². The molecule has 3 heterocycles. The van der Waals surface area contributed by atoms with Gasteiger partial charge in [0, 0.05) is 37.6 Å². The largest absolute Gasteiger partial charge is 0.439 e. The minimum absolute atomic E-state index is 0.0421. The van der Waals surface area contributed by atoms with Crippen molar-refractivity contribution in [1.82, 2.24) is 19.8 Å². The molecule has 1 fully saturated rings. The number of nitrogens with zero attached hydrogens (tertiary/aromatic N) is 3. The topological polar surface area (TPSA) is 59.4 Å². The van der Waals surface area contributed by atoms with E-state index in [1.54, 1.807) is 6.20 Å². The van der Waals surface area contributed by atoms with Crippen LogP contribution in [0.3, 0.4) is 0 Å². The summed E-state index contributed by atoms with van der Waals surface area (Å²) >= 11 is 0. The molecular formula is C28H30N4O2. The molecule has 6 heteroatoms. The van der Waals surface area contributed by atoms with Crippen LogP contribution in [-0.4, -0.2) is 46.0 Å². The number of piperazine rings is 1. The van der Waals surface area contributed by atoms with E-state index < -0.39 is 0 Å². The van der Waals surface area contributed by atoms with Gasteiger partial charge in [-0.15, -0.1) is 0 Å². The molecule has 1 aliphatic rings. The maximum Gasteiger partial charge on any atom is 0.261 e. The van der Waals surface area contributed by atoms with Crippen LogP contribution in [0.4, 0.5) is 0 Å². The van der Waals surface area contributed by atoms with Gasteiger partial charge in [-0.05, 0) is 55.7 Å². The Hall–Kier alpha value is -3.64. The maximum absolute atomic E-state index is 14.1. The van der Waals surface area contributed by atoms with Crippen molar-refractivity contribution in [3.63, 3.8) is 0 Å². The van der Waals surface area contributed by atoms with E-state index in [0.29, 0.717) is 30.0 Å². The zero-order chi connectivity index (χ0) is 23.7. The average molecular weight is 455 g/mol. The summed E-state index contributed by atoms with van der Waals surface area (Å²) in [6.45, 7) is 8.30. The molecule has 5 rings (SSSR count). The van der Waals surface area contributed by atoms with Gasteiger partial charge in [-0.1, -0.05) is 43.3 Å². The first-order chi connectivity index (χ1) is 16.6. The van der Waals surface area contributed by atoms with Gasteiger partial charge in [0.15, 0.2) is 0 Å². The summed E-state index contributed by atoms with van der Waals surface area (Å²) in [6, 6.07) is 20.3. The fourth-order valence-corrected chi connectivity index (χ4v) is 4.71. The summed E-state index contributed by atoms with van der Waals surface area (Å²) in [5.74, 6) is 1.23. The number of fused-ring (bicyclic) bond motifs is 1. The zero-order valence-corrected chi connectivity index (χ0v) is 19.9. The van der Waals surface area contributed by atoms with Gasteiger partial charge >= 0.3 is 0 Å². The Morgan fingerprint density at radius 2 is 1.82 bits per heavy atom. The van der Waals surface area contributed by atoms with Crippen molar-refractivity contribution in [1.29, 1.82) is 0 Å². The number of amides is 1. The van der Waals surface area contributed by atoms with Crippen molar-refractivity contribution < 1.29 is 9.53 Å². The molecule has 0 bridgehead atoms. The number of rotatable bonds is 5. The van der Waals surface area contributed by atoms with E-state index in [1.165, 1.54) is 0 Å². The van der Waals surface area contributed by atoms with Crippen LogP contribution in [0.1, 0.15) is 34.8 Å². The summed E-state index contributed by atoms with van der Waals surface area (Å²) in [5, 5.41) is 3.50. The number of carbonyl (C=O) groups is 1. The van der Waals surface area contributed by atoms with Crippen LogP contribution >= 0.6 is 0 Å². The van der Waals surface area contributed by atoms with Gasteiger partial charge in [-0.25, -0.2) is 0 Å². The molecule has 1 aliphatic heterocycles. The SMILES string of the molecule is CC[C@H]1CN(C(=O)c2c(Oc3c(C)cccc3C)n(-c3ccccc3)c3cccnc23)CCN1. The molecule has 2 aromatic carbocycles. The third kappa shape index (κ3) is 3.94. The molecule has 1 N–H and O–H groups in total. The lowest BCUT2D eigenvalue weighted by Gasteiger charge is -2.33. The molecule has 0 unspecified atom stereocenters. The van der Waals surface area contributed by atoms with E-state index in [-0.39, 0.29) is 11.9 Å². The number of nitrogens with one attached hydrogen (secondary N) is 1. The van der Waals surface area contributed by atoms with Gasteiger partial charge in [0.1, 0.15) is 16.8 Å². The predicted molar refractivity (Wildman–Crippen MR) is 135 cm³/mol. The molecule has 0 radical (unpaired) electrons. The Kier molecular flexibility index (Phi) is 6.07. The minimum Gasteiger partial charge on any atom is -0.439 e. The summed E-state index contributed by atoms with van der Waals surface area (Å²) in [6.07, 6.45) is 2.71. The zero-order valence-electron chi connectivity index (χ0n) is 19.9. The number of pyridine rings is 1. The number of carbonyl (C=O) groups excluding carboxylic acids is 1. The van der Waals surface area contributed by atoms with Crippen LogP contribution in [-0.2, 0) is 0 Å². The normalized spacial score (nSPS) is 16.1. The van der Waals surface area contributed by atoms with Crippen molar-refractivity contribution in [2.45, 2.75) is 33.2 Å². The highest BCUT2D eigenvalue weighted by Gasteiger charge is 2.32. The highest BCUT2D eigenvalue weighted by molar-refractivity contribution is 6.09. The monoisotopic (exact) mass is 454 g/mol. The lowest BCUT2D eigenvalue weighted by molar-refractivity contribution is 0.0700. The highest BCUT2D eigenvalue weighted by atomic mass is 16.5. The summed E-state index contributed by atoms with van der Waals surface area (Å²) in [4.78, 5) is 20.7. The van der Waals surface area contributed by atoms with Crippen LogP contribution in [0.5, 0.6) is 11.6 Å². The first-order valence-corrected chi connectivity index (χ1v) is 11.9. The number of benzene rings is 2. The molecular weight excluding hydrogens is 424 g/mol. The van der Waals surface area contributed by atoms with Gasteiger partial charge in [0.05, 0.1) is 5.52 Å². The van der Waals surface area contributed by atoms with Crippen molar-refractivity contribution >= 4 is 16.9 Å². The fraction of sp³-hybridized carbons (Fsp3) is 0.286. The molecule has 174 valence electrons. The van der Waals surface area contributed by atoms with E-state index in [2.05, 4.69) is 17.2 Å². The van der Waals surface area contributed by atoms with Crippen molar-refractivity contribution in [3.05, 3.63) is 83.6 Å². The molecule has 6 nitrogen and oxygen atoms in total. The second kappa shape index (κ2) is 9.31. The van der Waals surface area contributed by atoms with Gasteiger partial charge in [0.2, 0.25) is 5.88 Å². The van der Waals surface area contributed by atoms with E-state index in [9.17, 15) is 4.79 Å². The molecule has 1 saturated heterocycles. The number of para-hydroxylation sites is 2. The van der Waals surface area contributed by atoms with Gasteiger partial charge in [-0.3, -0.25) is 14.3 Å². The van der Waals surface area contributed by atoms with Gasteiger partial charge < -0.3 is 15.0 Å². The molecule has 1 atom stereocenters. The molecule has 4 aromatic rings. The van der Waals surface area contributed by atoms with Gasteiger partial charge in [-0.2, -0.15) is 0 Å². The minimum atomic E-state index is -0.0421. The maximum atomic E-state index is 14.1. The third-order valence-corrected chi connectivity index (χ3v) is 6.55. The van der Waals surface area contributed by atoms with Gasteiger partial charge in [0.25, 0.3) is 5.91 Å². The number of ether oxygens (including phenoxy) is 1. The Bertz CT molecular complexity index is 1310. The Balaban J connectivity index is 1.74. The number of hydrogen-bond donors (Lipinski definition) is 1. The lowest BCUT2D eigenvalue weighted by atomic mass is 10.1. The first kappa shape index (κ1) is 22.2. The molecule has 0 spiro atoms. The lowest BCUT2D eigenvalue weighted by Crippen LogP contribution is -2.52. The Morgan fingerprint density at radius 3 is 2.56 bits per heavy atom. The van der Waals surface area contributed by atoms with E-state index in [0.717, 1.165) is 41.0 Å². The second-order valence-corrected chi connectivity index (χ2v) is 8.86. The van der Waals surface area contributed by atoms with Crippen molar-refractivity contribution in [2.75, 3.05) is 19.6 Å². The van der Waals surface area contributed by atoms with Crippen LogP contribution in [0, 0.1) is 13.8 Å². The second-order valence-electron chi connectivity index (χ2n) is 8.86. The van der Waals surface area contributed by atoms with E-state index in [1.807, 2.05) is 84.0 Å². The third-order valence-electron chi connectivity index (χ3n) is 6.55. The fourth-order valence-electron chi connectivity index (χ4n) is 4.71. The Labute approximate surface area is 200 Å².